The molecule has 0 spiro atoms. The molecule has 0 bridgehead atoms. The third-order valence-electron chi connectivity index (χ3n) is 6.09. The van der Waals surface area contributed by atoms with Crippen molar-refractivity contribution in [1.29, 1.82) is 0 Å². The summed E-state index contributed by atoms with van der Waals surface area (Å²) in [5.74, 6) is 0.217. The predicted molar refractivity (Wildman–Crippen MR) is 124 cm³/mol. The number of carboxylic acids is 1. The van der Waals surface area contributed by atoms with Crippen LogP contribution in [0.3, 0.4) is 0 Å². The van der Waals surface area contributed by atoms with Crippen molar-refractivity contribution in [2.45, 2.75) is 50.7 Å². The summed E-state index contributed by atoms with van der Waals surface area (Å²) in [6, 6.07) is 10.8. The summed E-state index contributed by atoms with van der Waals surface area (Å²) >= 11 is 5.94. The molecule has 0 amide bonds. The number of aliphatic carboxylic acids is 1. The highest BCUT2D eigenvalue weighted by molar-refractivity contribution is 6.30. The Labute approximate surface area is 190 Å². The number of rotatable bonds is 9. The molecule has 0 aliphatic carbocycles. The van der Waals surface area contributed by atoms with Crippen molar-refractivity contribution in [3.63, 3.8) is 0 Å². The van der Waals surface area contributed by atoms with Crippen molar-refractivity contribution >= 4 is 23.4 Å². The van der Waals surface area contributed by atoms with E-state index < -0.39 is 12.0 Å². The fourth-order valence-corrected chi connectivity index (χ4v) is 4.57. The first kappa shape index (κ1) is 22.1. The molecule has 3 heterocycles. The van der Waals surface area contributed by atoms with E-state index in [-0.39, 0.29) is 7.53 Å². The van der Waals surface area contributed by atoms with E-state index in [1.54, 1.807) is 24.3 Å². The zero-order chi connectivity index (χ0) is 21.6. The molecule has 4 rings (SSSR count). The van der Waals surface area contributed by atoms with E-state index in [0.29, 0.717) is 18.2 Å². The summed E-state index contributed by atoms with van der Waals surface area (Å²) in [6.07, 6.45) is 6.19. The number of likely N-dealkylation sites (tertiary alicyclic amines) is 1. The van der Waals surface area contributed by atoms with Crippen molar-refractivity contribution in [3.05, 3.63) is 58.2 Å². The minimum Gasteiger partial charge on any atom is -0.480 e. The molecule has 2 aromatic rings. The SMILES string of the molecule is O=C(O)C(c1ccc(Cl)cc1)N1CC[C@@H](OCCCCc2ccc3c(n2)NCCC3)C1.[HH]. The number of unbranched alkanes of at least 4 members (excludes halogenated alkanes) is 1. The van der Waals surface area contributed by atoms with Gasteiger partial charge in [-0.1, -0.05) is 29.8 Å². The molecule has 1 unspecified atom stereocenters. The van der Waals surface area contributed by atoms with Crippen molar-refractivity contribution < 1.29 is 16.1 Å². The lowest BCUT2D eigenvalue weighted by atomic mass is 10.1. The lowest BCUT2D eigenvalue weighted by molar-refractivity contribution is -0.143. The van der Waals surface area contributed by atoms with Crippen LogP contribution in [0.25, 0.3) is 0 Å². The third-order valence-corrected chi connectivity index (χ3v) is 6.35. The fraction of sp³-hybridized carbons (Fsp3) is 0.500. The molecule has 2 aliphatic heterocycles. The minimum atomic E-state index is -0.838. The van der Waals surface area contributed by atoms with E-state index in [9.17, 15) is 9.90 Å². The van der Waals surface area contributed by atoms with Crippen LogP contribution in [0.15, 0.2) is 36.4 Å². The number of carboxylic acid groups (broad SMARTS) is 1. The number of hydrogen-bond donors (Lipinski definition) is 2. The van der Waals surface area contributed by atoms with Gasteiger partial charge in [0.15, 0.2) is 0 Å². The molecule has 2 atom stereocenters. The molecule has 1 fully saturated rings. The van der Waals surface area contributed by atoms with Gasteiger partial charge in [-0.2, -0.15) is 0 Å². The maximum atomic E-state index is 11.9. The molecule has 31 heavy (non-hydrogen) atoms. The van der Waals surface area contributed by atoms with Gasteiger partial charge < -0.3 is 15.2 Å². The van der Waals surface area contributed by atoms with E-state index in [1.807, 2.05) is 4.90 Å². The van der Waals surface area contributed by atoms with E-state index in [0.717, 1.165) is 62.3 Å². The van der Waals surface area contributed by atoms with Crippen LogP contribution in [-0.2, 0) is 22.4 Å². The van der Waals surface area contributed by atoms with Crippen LogP contribution in [0.1, 0.15) is 50.0 Å². The van der Waals surface area contributed by atoms with E-state index >= 15 is 0 Å². The van der Waals surface area contributed by atoms with Crippen LogP contribution in [0.2, 0.25) is 5.02 Å². The lowest BCUT2D eigenvalue weighted by Crippen LogP contribution is -2.33. The lowest BCUT2D eigenvalue weighted by Gasteiger charge is -2.24. The number of ether oxygens (including phenoxy) is 1. The van der Waals surface area contributed by atoms with Gasteiger partial charge in [-0.25, -0.2) is 4.98 Å². The molecule has 2 aliphatic rings. The average Bonchev–Trinajstić information content (AvgIpc) is 3.23. The van der Waals surface area contributed by atoms with Crippen LogP contribution in [0.4, 0.5) is 5.82 Å². The second-order valence-corrected chi connectivity index (χ2v) is 8.80. The van der Waals surface area contributed by atoms with Crippen molar-refractivity contribution in [3.8, 4) is 0 Å². The number of anilines is 1. The summed E-state index contributed by atoms with van der Waals surface area (Å²) in [5, 5.41) is 13.7. The maximum Gasteiger partial charge on any atom is 0.325 e. The van der Waals surface area contributed by atoms with Crippen LogP contribution in [0, 0.1) is 0 Å². The molecule has 168 valence electrons. The quantitative estimate of drug-likeness (QED) is 0.550. The van der Waals surface area contributed by atoms with Gasteiger partial charge in [-0.3, -0.25) is 9.69 Å². The molecular formula is C24H32ClN3O3. The number of benzene rings is 1. The molecule has 1 saturated heterocycles. The van der Waals surface area contributed by atoms with E-state index in [2.05, 4.69) is 17.4 Å². The summed E-state index contributed by atoms with van der Waals surface area (Å²) in [6.45, 7) is 3.06. The van der Waals surface area contributed by atoms with E-state index in [4.69, 9.17) is 21.3 Å². The number of aryl methyl sites for hydroxylation is 2. The molecule has 0 radical (unpaired) electrons. The number of nitrogens with one attached hydrogen (secondary N) is 1. The Hall–Kier alpha value is -2.15. The zero-order valence-electron chi connectivity index (χ0n) is 17.7. The smallest absolute Gasteiger partial charge is 0.325 e. The summed E-state index contributed by atoms with van der Waals surface area (Å²) < 4.78 is 6.06. The summed E-state index contributed by atoms with van der Waals surface area (Å²) in [4.78, 5) is 18.6. The first-order valence-corrected chi connectivity index (χ1v) is 11.5. The largest absolute Gasteiger partial charge is 0.480 e. The Kier molecular flexibility index (Phi) is 7.43. The van der Waals surface area contributed by atoms with Gasteiger partial charge in [-0.05, 0) is 67.9 Å². The van der Waals surface area contributed by atoms with Gasteiger partial charge in [-0.15, -0.1) is 0 Å². The molecule has 1 aromatic heterocycles. The van der Waals surface area contributed by atoms with Gasteiger partial charge in [0.05, 0.1) is 6.10 Å². The predicted octanol–water partition coefficient (Wildman–Crippen LogP) is 4.58. The van der Waals surface area contributed by atoms with Crippen LogP contribution < -0.4 is 5.32 Å². The number of nitrogens with zero attached hydrogens (tertiary/aromatic N) is 2. The summed E-state index contributed by atoms with van der Waals surface area (Å²) in [5.41, 5.74) is 3.21. The van der Waals surface area contributed by atoms with Gasteiger partial charge in [0.25, 0.3) is 0 Å². The van der Waals surface area contributed by atoms with Gasteiger partial charge in [0.2, 0.25) is 0 Å². The monoisotopic (exact) mass is 445 g/mol. The molecule has 0 saturated carbocycles. The normalized spacial score (nSPS) is 19.6. The third kappa shape index (κ3) is 5.76. The van der Waals surface area contributed by atoms with Crippen LogP contribution in [-0.4, -0.2) is 53.3 Å². The maximum absolute atomic E-state index is 11.9. The first-order valence-electron chi connectivity index (χ1n) is 11.2. The molecular weight excluding hydrogens is 414 g/mol. The second kappa shape index (κ2) is 10.4. The Morgan fingerprint density at radius 2 is 2.13 bits per heavy atom. The molecule has 7 heteroatoms. The number of hydrogen-bond acceptors (Lipinski definition) is 5. The number of fused-ring (bicyclic) bond motifs is 1. The summed E-state index contributed by atoms with van der Waals surface area (Å²) in [7, 11) is 0. The minimum absolute atomic E-state index is 0. The Morgan fingerprint density at radius 1 is 1.29 bits per heavy atom. The Balaban J connectivity index is 0.00000289. The first-order chi connectivity index (χ1) is 15.1. The average molecular weight is 446 g/mol. The molecule has 1 aromatic carbocycles. The number of aromatic nitrogens is 1. The van der Waals surface area contributed by atoms with Crippen molar-refractivity contribution in [2.75, 3.05) is 31.6 Å². The highest BCUT2D eigenvalue weighted by Gasteiger charge is 2.33. The standard InChI is InChI=1S/C24H30ClN3O3.H2/c25-19-9-6-17(7-10-19)22(24(29)30)28-14-12-21(16-28)31-15-2-1-5-20-11-8-18-4-3-13-26-23(18)27-20;/h6-11,21-22H,1-5,12-16H2,(H,26,27)(H,29,30);1H/t21-,22?;/m1./s1. The Morgan fingerprint density at radius 3 is 2.94 bits per heavy atom. The van der Waals surface area contributed by atoms with Crippen LogP contribution in [0.5, 0.6) is 0 Å². The number of halogens is 1. The van der Waals surface area contributed by atoms with Gasteiger partial charge in [0, 0.05) is 38.4 Å². The number of carbonyl (C=O) groups is 1. The van der Waals surface area contributed by atoms with Crippen LogP contribution >= 0.6 is 11.6 Å². The number of pyridine rings is 1. The fourth-order valence-electron chi connectivity index (χ4n) is 4.45. The highest BCUT2D eigenvalue weighted by Crippen LogP contribution is 2.28. The second-order valence-electron chi connectivity index (χ2n) is 8.37. The zero-order valence-corrected chi connectivity index (χ0v) is 18.5. The van der Waals surface area contributed by atoms with E-state index in [1.165, 1.54) is 12.0 Å². The Bertz CT molecular complexity index is 897. The topological polar surface area (TPSA) is 74.7 Å². The van der Waals surface area contributed by atoms with Crippen molar-refractivity contribution in [1.82, 2.24) is 9.88 Å². The molecule has 2 N–H and O–H groups in total. The highest BCUT2D eigenvalue weighted by atomic mass is 35.5. The molecule has 6 nitrogen and oxygen atoms in total. The van der Waals surface area contributed by atoms with Crippen molar-refractivity contribution in [2.24, 2.45) is 0 Å². The van der Waals surface area contributed by atoms with Gasteiger partial charge in [0.1, 0.15) is 11.9 Å². The van der Waals surface area contributed by atoms with Gasteiger partial charge >= 0.3 is 5.97 Å².